The molecule has 0 spiro atoms. The number of aryl methyl sites for hydroxylation is 1. The first kappa shape index (κ1) is 19.2. The van der Waals surface area contributed by atoms with E-state index in [4.69, 9.17) is 0 Å². The van der Waals surface area contributed by atoms with Gasteiger partial charge in [0, 0.05) is 5.57 Å². The normalized spacial score (nSPS) is 10.1. The summed E-state index contributed by atoms with van der Waals surface area (Å²) in [5, 5.41) is 0. The number of halogens is 3. The van der Waals surface area contributed by atoms with E-state index >= 15 is 0 Å². The molecule has 0 unspecified atom stereocenters. The van der Waals surface area contributed by atoms with Crippen LogP contribution in [0.15, 0.2) is 47.1 Å². The molecule has 0 aromatic heterocycles. The van der Waals surface area contributed by atoms with Crippen molar-refractivity contribution in [1.82, 2.24) is 0 Å². The van der Waals surface area contributed by atoms with Crippen molar-refractivity contribution in [1.29, 1.82) is 0 Å². The minimum absolute atomic E-state index is 0.586. The van der Waals surface area contributed by atoms with Gasteiger partial charge in [-0.25, -0.2) is 0 Å². The van der Waals surface area contributed by atoms with Gasteiger partial charge in [-0.1, -0.05) is 41.0 Å². The lowest BCUT2D eigenvalue weighted by Crippen LogP contribution is -2.04. The lowest BCUT2D eigenvalue weighted by Gasteiger charge is -2.05. The van der Waals surface area contributed by atoms with Gasteiger partial charge in [0.25, 0.3) is 0 Å². The van der Waals surface area contributed by atoms with Gasteiger partial charge < -0.3 is 0 Å². The first-order chi connectivity index (χ1) is 9.57. The smallest absolute Gasteiger partial charge is 0.298 e. The van der Waals surface area contributed by atoms with Crippen molar-refractivity contribution in [3.8, 4) is 0 Å². The lowest BCUT2D eigenvalue weighted by molar-refractivity contribution is -0.137. The second kappa shape index (κ2) is 8.45. The molecule has 1 nitrogen and oxygen atoms in total. The monoisotopic (exact) mass is 298 g/mol. The fourth-order valence-corrected chi connectivity index (χ4v) is 1.43. The maximum absolute atomic E-state index is 12.0. The number of carbonyl (C=O) groups excluding carboxylic acids is 1. The molecule has 1 rings (SSSR count). The highest BCUT2D eigenvalue weighted by atomic mass is 19.4. The van der Waals surface area contributed by atoms with Gasteiger partial charge in [0.05, 0.1) is 5.56 Å². The quantitative estimate of drug-likeness (QED) is 0.400. The zero-order chi connectivity index (χ0) is 16.6. The Labute approximate surface area is 124 Å². The molecule has 4 heteroatoms. The van der Waals surface area contributed by atoms with Crippen LogP contribution in [0.4, 0.5) is 13.2 Å². The van der Waals surface area contributed by atoms with Crippen LogP contribution >= 0.6 is 0 Å². The summed E-state index contributed by atoms with van der Waals surface area (Å²) in [5.41, 5.74) is 3.05. The topological polar surface area (TPSA) is 17.1 Å². The first-order valence-corrected chi connectivity index (χ1v) is 6.49. The van der Waals surface area contributed by atoms with Crippen molar-refractivity contribution in [3.63, 3.8) is 0 Å². The number of carbonyl (C=O) groups is 1. The molecule has 0 fully saturated rings. The van der Waals surface area contributed by atoms with Gasteiger partial charge in [0.15, 0.2) is 0 Å². The van der Waals surface area contributed by atoms with E-state index in [9.17, 15) is 18.0 Å². The fourth-order valence-electron chi connectivity index (χ4n) is 1.43. The van der Waals surface area contributed by atoms with Crippen LogP contribution in [0.1, 0.15) is 38.8 Å². The molecule has 0 atom stereocenters. The Morgan fingerprint density at radius 3 is 1.90 bits per heavy atom. The molecular weight excluding hydrogens is 277 g/mol. The van der Waals surface area contributed by atoms with Crippen LogP contribution in [0.5, 0.6) is 0 Å². The zero-order valence-corrected chi connectivity index (χ0v) is 13.0. The van der Waals surface area contributed by atoms with Crippen molar-refractivity contribution in [3.05, 3.63) is 58.2 Å². The van der Waals surface area contributed by atoms with E-state index in [0.717, 1.165) is 35.1 Å². The number of hydrogen-bond donors (Lipinski definition) is 0. The zero-order valence-electron chi connectivity index (χ0n) is 13.0. The maximum atomic E-state index is 12.0. The van der Waals surface area contributed by atoms with Gasteiger partial charge in [-0.05, 0) is 40.7 Å². The van der Waals surface area contributed by atoms with Crippen molar-refractivity contribution < 1.29 is 18.0 Å². The summed E-state index contributed by atoms with van der Waals surface area (Å²) in [7, 11) is 0. The Morgan fingerprint density at radius 2 is 1.67 bits per heavy atom. The summed E-state index contributed by atoms with van der Waals surface area (Å²) >= 11 is 0. The number of hydrogen-bond acceptors (Lipinski definition) is 1. The van der Waals surface area contributed by atoms with Crippen LogP contribution in [-0.4, -0.2) is 6.29 Å². The minimum Gasteiger partial charge on any atom is -0.298 e. The molecule has 21 heavy (non-hydrogen) atoms. The van der Waals surface area contributed by atoms with Gasteiger partial charge in [-0.3, -0.25) is 4.79 Å². The molecule has 0 radical (unpaired) electrons. The number of rotatable bonds is 2. The molecule has 0 amide bonds. The van der Waals surface area contributed by atoms with Crippen LogP contribution in [0.3, 0.4) is 0 Å². The highest BCUT2D eigenvalue weighted by molar-refractivity contribution is 5.78. The van der Waals surface area contributed by atoms with E-state index < -0.39 is 11.7 Å². The molecule has 0 saturated carbocycles. The minimum atomic E-state index is -4.22. The molecule has 116 valence electrons. The standard InChI is InChI=1S/C9H14O.C8H7F3/c1-7(2)5-9(6-10)8(3)4;1-6-3-2-4-7(5-6)8(9,10)11/h5-6H,1-4H3;2-5H,1H3. The second-order valence-electron chi connectivity index (χ2n) is 5.16. The van der Waals surface area contributed by atoms with E-state index in [0.29, 0.717) is 5.56 Å². The van der Waals surface area contributed by atoms with Gasteiger partial charge in [-0.2, -0.15) is 13.2 Å². The van der Waals surface area contributed by atoms with E-state index in [-0.39, 0.29) is 0 Å². The van der Waals surface area contributed by atoms with Crippen LogP contribution in [0, 0.1) is 6.92 Å². The fraction of sp³-hybridized carbons (Fsp3) is 0.353. The largest absolute Gasteiger partial charge is 0.416 e. The van der Waals surface area contributed by atoms with E-state index in [1.54, 1.807) is 13.0 Å². The Bertz CT molecular complexity index is 529. The SMILES string of the molecule is CC(C)=CC(C=O)=C(C)C.Cc1cccc(C(F)(F)F)c1. The molecule has 0 aliphatic carbocycles. The number of benzene rings is 1. The summed E-state index contributed by atoms with van der Waals surface area (Å²) in [4.78, 5) is 10.4. The van der Waals surface area contributed by atoms with Gasteiger partial charge in [0.2, 0.25) is 0 Å². The third kappa shape index (κ3) is 8.12. The molecule has 0 bridgehead atoms. The average Bonchev–Trinajstić information content (AvgIpc) is 2.35. The maximum Gasteiger partial charge on any atom is 0.416 e. The molecule has 0 aliphatic rings. The molecule has 0 saturated heterocycles. The van der Waals surface area contributed by atoms with Crippen LogP contribution in [-0.2, 0) is 11.0 Å². The molecule has 0 heterocycles. The summed E-state index contributed by atoms with van der Waals surface area (Å²) in [5.74, 6) is 0. The first-order valence-electron chi connectivity index (χ1n) is 6.49. The number of allylic oxidation sites excluding steroid dienone is 4. The predicted molar refractivity (Wildman–Crippen MR) is 80.1 cm³/mol. The number of alkyl halides is 3. The van der Waals surface area contributed by atoms with E-state index in [1.165, 1.54) is 6.07 Å². The highest BCUT2D eigenvalue weighted by Gasteiger charge is 2.29. The van der Waals surface area contributed by atoms with Gasteiger partial charge >= 0.3 is 6.18 Å². The third-order valence-electron chi connectivity index (χ3n) is 2.49. The van der Waals surface area contributed by atoms with Crippen molar-refractivity contribution in [2.75, 3.05) is 0 Å². The Hall–Kier alpha value is -1.84. The number of aldehydes is 1. The van der Waals surface area contributed by atoms with Crippen molar-refractivity contribution in [2.45, 2.75) is 40.8 Å². The predicted octanol–water partition coefficient (Wildman–Crippen LogP) is 5.50. The lowest BCUT2D eigenvalue weighted by atomic mass is 10.1. The summed E-state index contributed by atoms with van der Waals surface area (Å²) in [6.07, 6.45) is -1.43. The van der Waals surface area contributed by atoms with Crippen molar-refractivity contribution in [2.24, 2.45) is 0 Å². The molecule has 0 aliphatic heterocycles. The third-order valence-corrected chi connectivity index (χ3v) is 2.49. The van der Waals surface area contributed by atoms with E-state index in [1.807, 2.05) is 33.8 Å². The summed E-state index contributed by atoms with van der Waals surface area (Å²) in [6, 6.07) is 5.22. The van der Waals surface area contributed by atoms with Crippen molar-refractivity contribution >= 4 is 6.29 Å². The van der Waals surface area contributed by atoms with Crippen LogP contribution < -0.4 is 0 Å². The van der Waals surface area contributed by atoms with Gasteiger partial charge in [-0.15, -0.1) is 0 Å². The average molecular weight is 298 g/mol. The summed E-state index contributed by atoms with van der Waals surface area (Å²) < 4.78 is 35.9. The second-order valence-corrected chi connectivity index (χ2v) is 5.16. The molecular formula is C17H21F3O. The van der Waals surface area contributed by atoms with Crippen LogP contribution in [0.2, 0.25) is 0 Å². The Morgan fingerprint density at radius 1 is 1.10 bits per heavy atom. The van der Waals surface area contributed by atoms with E-state index in [2.05, 4.69) is 0 Å². The Balaban J connectivity index is 0.000000384. The summed E-state index contributed by atoms with van der Waals surface area (Å²) in [6.45, 7) is 9.46. The Kier molecular flexibility index (Phi) is 7.71. The van der Waals surface area contributed by atoms with Gasteiger partial charge in [0.1, 0.15) is 6.29 Å². The molecule has 1 aromatic rings. The molecule has 1 aromatic carbocycles. The highest BCUT2D eigenvalue weighted by Crippen LogP contribution is 2.29. The van der Waals surface area contributed by atoms with Crippen LogP contribution in [0.25, 0.3) is 0 Å². The molecule has 0 N–H and O–H groups in total.